The van der Waals surface area contributed by atoms with Gasteiger partial charge in [0.2, 0.25) is 5.95 Å². The van der Waals surface area contributed by atoms with Crippen LogP contribution in [0.5, 0.6) is 5.75 Å². The van der Waals surface area contributed by atoms with Gasteiger partial charge in [-0.15, -0.1) is 0 Å². The summed E-state index contributed by atoms with van der Waals surface area (Å²) in [5.74, 6) is 1.40. The SMILES string of the molecule is CCOc1ccc(C2N=C(N)Nc3nc(=O)c4ccccc4n32)cc1. The van der Waals surface area contributed by atoms with E-state index in [0.717, 1.165) is 16.8 Å². The van der Waals surface area contributed by atoms with Gasteiger partial charge < -0.3 is 10.5 Å². The standard InChI is InChI=1S/C18H17N5O2/c1-2-25-12-9-7-11(8-10-12)15-20-17(19)22-18-21-16(24)13-5-3-4-6-14(13)23(15)18/h3-10,15H,2H2,1H3,(H3,19,20,21,22,24). The van der Waals surface area contributed by atoms with Crippen molar-refractivity contribution in [1.29, 1.82) is 0 Å². The maximum atomic E-state index is 12.3. The molecule has 1 aliphatic rings. The minimum Gasteiger partial charge on any atom is -0.494 e. The van der Waals surface area contributed by atoms with E-state index in [1.165, 1.54) is 0 Å². The molecule has 3 N–H and O–H groups in total. The average molecular weight is 335 g/mol. The number of nitrogens with zero attached hydrogens (tertiary/aromatic N) is 3. The van der Waals surface area contributed by atoms with E-state index in [2.05, 4.69) is 15.3 Å². The number of ether oxygens (including phenoxy) is 1. The van der Waals surface area contributed by atoms with E-state index in [4.69, 9.17) is 10.5 Å². The molecule has 7 nitrogen and oxygen atoms in total. The maximum Gasteiger partial charge on any atom is 0.282 e. The predicted molar refractivity (Wildman–Crippen MR) is 97.0 cm³/mol. The van der Waals surface area contributed by atoms with Crippen molar-refractivity contribution >= 4 is 22.8 Å². The number of nitrogens with one attached hydrogen (secondary N) is 1. The summed E-state index contributed by atoms with van der Waals surface area (Å²) in [7, 11) is 0. The summed E-state index contributed by atoms with van der Waals surface area (Å²) in [4.78, 5) is 20.9. The third-order valence-corrected chi connectivity index (χ3v) is 4.06. The van der Waals surface area contributed by atoms with Gasteiger partial charge in [-0.05, 0) is 36.8 Å². The number of hydrogen-bond donors (Lipinski definition) is 2. The van der Waals surface area contributed by atoms with E-state index < -0.39 is 6.17 Å². The highest BCUT2D eigenvalue weighted by atomic mass is 16.5. The molecule has 4 rings (SSSR count). The normalized spacial score (nSPS) is 16.0. The molecule has 0 bridgehead atoms. The molecule has 0 saturated carbocycles. The van der Waals surface area contributed by atoms with Gasteiger partial charge in [0.1, 0.15) is 5.75 Å². The molecular formula is C18H17N5O2. The summed E-state index contributed by atoms with van der Waals surface area (Å²) in [5, 5.41) is 3.42. The molecule has 1 aromatic heterocycles. The van der Waals surface area contributed by atoms with E-state index in [-0.39, 0.29) is 11.5 Å². The quantitative estimate of drug-likeness (QED) is 0.764. The molecule has 1 atom stereocenters. The van der Waals surface area contributed by atoms with Gasteiger partial charge in [0.15, 0.2) is 12.1 Å². The second kappa shape index (κ2) is 5.94. The van der Waals surface area contributed by atoms with Crippen molar-refractivity contribution < 1.29 is 4.74 Å². The second-order valence-corrected chi connectivity index (χ2v) is 5.64. The van der Waals surface area contributed by atoms with Crippen LogP contribution in [0.15, 0.2) is 58.3 Å². The number of aromatic nitrogens is 2. The van der Waals surface area contributed by atoms with Crippen molar-refractivity contribution in [1.82, 2.24) is 9.55 Å². The fourth-order valence-electron chi connectivity index (χ4n) is 2.99. The smallest absolute Gasteiger partial charge is 0.282 e. The molecule has 0 aliphatic carbocycles. The number of benzene rings is 2. The summed E-state index contributed by atoms with van der Waals surface area (Å²) in [6, 6.07) is 15.0. The minimum absolute atomic E-state index is 0.223. The molecule has 0 amide bonds. The summed E-state index contributed by atoms with van der Waals surface area (Å²) >= 11 is 0. The Balaban J connectivity index is 1.91. The van der Waals surface area contributed by atoms with Crippen molar-refractivity contribution in [3.63, 3.8) is 0 Å². The first kappa shape index (κ1) is 15.2. The molecule has 0 fully saturated rings. The van der Waals surface area contributed by atoms with E-state index >= 15 is 0 Å². The molecule has 7 heteroatoms. The average Bonchev–Trinajstić information content (AvgIpc) is 2.62. The molecule has 25 heavy (non-hydrogen) atoms. The molecule has 2 aromatic carbocycles. The predicted octanol–water partition coefficient (Wildman–Crippen LogP) is 2.08. The molecule has 1 aliphatic heterocycles. The summed E-state index contributed by atoms with van der Waals surface area (Å²) < 4.78 is 7.37. The number of fused-ring (bicyclic) bond motifs is 3. The van der Waals surface area contributed by atoms with E-state index in [0.29, 0.717) is 17.9 Å². The van der Waals surface area contributed by atoms with Crippen LogP contribution >= 0.6 is 0 Å². The molecular weight excluding hydrogens is 318 g/mol. The van der Waals surface area contributed by atoms with Crippen molar-refractivity contribution in [2.45, 2.75) is 13.1 Å². The Morgan fingerprint density at radius 1 is 1.20 bits per heavy atom. The number of para-hydroxylation sites is 1. The van der Waals surface area contributed by atoms with E-state index in [9.17, 15) is 4.79 Å². The van der Waals surface area contributed by atoms with Crippen LogP contribution in [-0.2, 0) is 0 Å². The Labute approximate surface area is 143 Å². The van der Waals surface area contributed by atoms with Crippen LogP contribution in [0.3, 0.4) is 0 Å². The fraction of sp³-hybridized carbons (Fsp3) is 0.167. The molecule has 0 spiro atoms. The third kappa shape index (κ3) is 2.59. The molecule has 3 aromatic rings. The Kier molecular flexibility index (Phi) is 3.61. The maximum absolute atomic E-state index is 12.3. The van der Waals surface area contributed by atoms with Gasteiger partial charge in [0.05, 0.1) is 17.5 Å². The Hall–Kier alpha value is -3.35. The second-order valence-electron chi connectivity index (χ2n) is 5.64. The van der Waals surface area contributed by atoms with Crippen LogP contribution in [0.1, 0.15) is 18.7 Å². The van der Waals surface area contributed by atoms with E-state index in [1.807, 2.05) is 54.0 Å². The lowest BCUT2D eigenvalue weighted by atomic mass is 10.1. The number of aliphatic imine (C=N–C) groups is 1. The molecule has 1 unspecified atom stereocenters. The number of nitrogens with two attached hydrogens (primary N) is 1. The number of guanidine groups is 1. The first-order valence-corrected chi connectivity index (χ1v) is 8.01. The fourth-order valence-corrected chi connectivity index (χ4v) is 2.99. The lowest BCUT2D eigenvalue weighted by Gasteiger charge is -2.27. The minimum atomic E-state index is -0.412. The molecule has 126 valence electrons. The molecule has 0 saturated heterocycles. The monoisotopic (exact) mass is 335 g/mol. The highest BCUT2D eigenvalue weighted by Gasteiger charge is 2.24. The zero-order valence-electron chi connectivity index (χ0n) is 13.6. The van der Waals surface area contributed by atoms with Crippen molar-refractivity contribution in [3.8, 4) is 5.75 Å². The van der Waals surface area contributed by atoms with Gasteiger partial charge in [-0.1, -0.05) is 24.3 Å². The first-order chi connectivity index (χ1) is 12.2. The Morgan fingerprint density at radius 3 is 2.72 bits per heavy atom. The topological polar surface area (TPSA) is 94.5 Å². The highest BCUT2D eigenvalue weighted by molar-refractivity contribution is 5.93. The van der Waals surface area contributed by atoms with Crippen LogP contribution in [0.2, 0.25) is 0 Å². The molecule has 0 radical (unpaired) electrons. The van der Waals surface area contributed by atoms with Gasteiger partial charge in [-0.2, -0.15) is 4.98 Å². The van der Waals surface area contributed by atoms with Crippen molar-refractivity contribution in [3.05, 3.63) is 64.4 Å². The van der Waals surface area contributed by atoms with Gasteiger partial charge in [0, 0.05) is 0 Å². The Bertz CT molecular complexity index is 1020. The lowest BCUT2D eigenvalue weighted by Crippen LogP contribution is -2.34. The van der Waals surface area contributed by atoms with Crippen LogP contribution in [0.4, 0.5) is 5.95 Å². The Morgan fingerprint density at radius 2 is 1.96 bits per heavy atom. The van der Waals surface area contributed by atoms with Gasteiger partial charge in [-0.3, -0.25) is 14.7 Å². The number of hydrogen-bond acceptors (Lipinski definition) is 6. The van der Waals surface area contributed by atoms with Gasteiger partial charge in [-0.25, -0.2) is 4.99 Å². The lowest BCUT2D eigenvalue weighted by molar-refractivity contribution is 0.340. The zero-order chi connectivity index (χ0) is 17.4. The largest absolute Gasteiger partial charge is 0.494 e. The zero-order valence-corrected chi connectivity index (χ0v) is 13.6. The number of rotatable bonds is 3. The first-order valence-electron chi connectivity index (χ1n) is 8.01. The third-order valence-electron chi connectivity index (χ3n) is 4.06. The highest BCUT2D eigenvalue weighted by Crippen LogP contribution is 2.30. The number of anilines is 1. The van der Waals surface area contributed by atoms with Gasteiger partial charge in [0.25, 0.3) is 5.56 Å². The van der Waals surface area contributed by atoms with Crippen molar-refractivity contribution in [2.24, 2.45) is 10.7 Å². The van der Waals surface area contributed by atoms with Crippen LogP contribution in [0.25, 0.3) is 10.9 Å². The summed E-state index contributed by atoms with van der Waals surface area (Å²) in [6.07, 6.45) is -0.412. The summed E-state index contributed by atoms with van der Waals surface area (Å²) in [5.41, 5.74) is 7.28. The van der Waals surface area contributed by atoms with E-state index in [1.54, 1.807) is 6.07 Å². The van der Waals surface area contributed by atoms with Crippen LogP contribution < -0.4 is 21.3 Å². The van der Waals surface area contributed by atoms with Crippen molar-refractivity contribution in [2.75, 3.05) is 11.9 Å². The van der Waals surface area contributed by atoms with Gasteiger partial charge >= 0.3 is 0 Å². The van der Waals surface area contributed by atoms with Crippen LogP contribution in [0, 0.1) is 0 Å². The van der Waals surface area contributed by atoms with Crippen LogP contribution in [-0.4, -0.2) is 22.1 Å². The molecule has 2 heterocycles. The summed E-state index contributed by atoms with van der Waals surface area (Å²) in [6.45, 7) is 2.55.